The van der Waals surface area contributed by atoms with Crippen LogP contribution in [0.2, 0.25) is 0 Å². The van der Waals surface area contributed by atoms with Crippen molar-refractivity contribution >= 4 is 11.7 Å². The highest BCUT2D eigenvalue weighted by Crippen LogP contribution is 2.19. The van der Waals surface area contributed by atoms with Crippen LogP contribution in [0, 0.1) is 5.41 Å². The molecule has 0 aliphatic rings. The van der Waals surface area contributed by atoms with E-state index in [1.807, 2.05) is 20.8 Å². The number of hydrogen-bond acceptors (Lipinski definition) is 3. The summed E-state index contributed by atoms with van der Waals surface area (Å²) in [6.07, 6.45) is 5.53. The van der Waals surface area contributed by atoms with Crippen LogP contribution in [-0.4, -0.2) is 31.3 Å². The maximum Gasteiger partial charge on any atom is 0.225 e. The maximum atomic E-state index is 11.8. The molecule has 1 amide bonds. The summed E-state index contributed by atoms with van der Waals surface area (Å²) < 4.78 is 0. The molecule has 4 nitrogen and oxygen atoms in total. The van der Waals surface area contributed by atoms with Crippen LogP contribution in [0.4, 0.5) is 0 Å². The summed E-state index contributed by atoms with van der Waals surface area (Å²) in [6.45, 7) is 14.0. The minimum atomic E-state index is -0.261. The third-order valence-corrected chi connectivity index (χ3v) is 4.05. The summed E-state index contributed by atoms with van der Waals surface area (Å²) in [4.78, 5) is 23.2. The molecular formula is C18H34N2O2. The molecule has 128 valence electrons. The van der Waals surface area contributed by atoms with Crippen LogP contribution in [0.3, 0.4) is 0 Å². The van der Waals surface area contributed by atoms with Crippen molar-refractivity contribution in [3.63, 3.8) is 0 Å². The highest BCUT2D eigenvalue weighted by molar-refractivity contribution is 5.94. The van der Waals surface area contributed by atoms with Crippen molar-refractivity contribution in [3.8, 4) is 0 Å². The number of carbonyl (C=O) groups excluding carboxylic acids is 2. The van der Waals surface area contributed by atoms with Gasteiger partial charge in [0.1, 0.15) is 0 Å². The number of carbonyl (C=O) groups is 2. The number of ketones is 1. The molecule has 4 heteroatoms. The summed E-state index contributed by atoms with van der Waals surface area (Å²) in [7, 11) is 0. The molecule has 0 unspecified atom stereocenters. The van der Waals surface area contributed by atoms with Gasteiger partial charge in [-0.25, -0.2) is 0 Å². The van der Waals surface area contributed by atoms with Crippen LogP contribution in [0.15, 0.2) is 12.2 Å². The van der Waals surface area contributed by atoms with Crippen LogP contribution < -0.4 is 10.6 Å². The van der Waals surface area contributed by atoms with Crippen molar-refractivity contribution in [2.75, 3.05) is 19.6 Å². The maximum absolute atomic E-state index is 11.8. The largest absolute Gasteiger partial charge is 0.356 e. The van der Waals surface area contributed by atoms with E-state index in [1.54, 1.807) is 6.92 Å². The number of unbranched alkanes of at least 4 members (excludes halogenated alkanes) is 2. The predicted molar refractivity (Wildman–Crippen MR) is 92.9 cm³/mol. The molecule has 0 saturated carbocycles. The molecule has 0 aliphatic carbocycles. The van der Waals surface area contributed by atoms with Crippen LogP contribution in [0.1, 0.15) is 66.2 Å². The summed E-state index contributed by atoms with van der Waals surface area (Å²) >= 11 is 0. The lowest BCUT2D eigenvalue weighted by molar-refractivity contribution is -0.129. The van der Waals surface area contributed by atoms with Gasteiger partial charge in [0.15, 0.2) is 5.78 Å². The van der Waals surface area contributed by atoms with Crippen LogP contribution in [-0.2, 0) is 9.59 Å². The second kappa shape index (κ2) is 11.4. The molecule has 0 radical (unpaired) electrons. The van der Waals surface area contributed by atoms with E-state index in [4.69, 9.17) is 0 Å². The average molecular weight is 310 g/mol. The van der Waals surface area contributed by atoms with Crippen LogP contribution >= 0.6 is 0 Å². The van der Waals surface area contributed by atoms with Crippen molar-refractivity contribution in [1.29, 1.82) is 0 Å². The van der Waals surface area contributed by atoms with E-state index in [0.717, 1.165) is 51.7 Å². The Hall–Kier alpha value is -1.16. The molecule has 0 rings (SSSR count). The van der Waals surface area contributed by atoms with Crippen molar-refractivity contribution in [2.24, 2.45) is 5.41 Å². The summed E-state index contributed by atoms with van der Waals surface area (Å²) in [5, 5.41) is 6.35. The minimum Gasteiger partial charge on any atom is -0.356 e. The van der Waals surface area contributed by atoms with Gasteiger partial charge in [0.25, 0.3) is 0 Å². The lowest BCUT2D eigenvalue weighted by Crippen LogP contribution is -2.36. The van der Waals surface area contributed by atoms with Crippen molar-refractivity contribution in [3.05, 3.63) is 12.2 Å². The molecule has 0 spiro atoms. The average Bonchev–Trinajstić information content (AvgIpc) is 2.48. The number of hydrogen-bond donors (Lipinski definition) is 2. The highest BCUT2D eigenvalue weighted by atomic mass is 16.2. The monoisotopic (exact) mass is 310 g/mol. The lowest BCUT2D eigenvalue weighted by Gasteiger charge is -2.21. The van der Waals surface area contributed by atoms with Gasteiger partial charge in [-0.15, -0.1) is 0 Å². The normalized spacial score (nSPS) is 11.3. The molecular weight excluding hydrogens is 276 g/mol. The standard InChI is InChI=1S/C18H34N2O2/c1-6-18(4,5)17(22)20-14-9-7-8-12-19-13-10-11-16(21)15(2)3/h19H,2,6-14H2,1,3-5H3,(H,20,22). The van der Waals surface area contributed by atoms with Gasteiger partial charge in [0.2, 0.25) is 5.91 Å². The van der Waals surface area contributed by atoms with E-state index in [-0.39, 0.29) is 17.1 Å². The number of amides is 1. The number of rotatable bonds is 13. The number of nitrogens with one attached hydrogen (secondary N) is 2. The van der Waals surface area contributed by atoms with E-state index < -0.39 is 0 Å². The minimum absolute atomic E-state index is 0.148. The van der Waals surface area contributed by atoms with Crippen molar-refractivity contribution in [1.82, 2.24) is 10.6 Å². The second-order valence-electron chi connectivity index (χ2n) is 6.61. The molecule has 0 bridgehead atoms. The van der Waals surface area contributed by atoms with Crippen molar-refractivity contribution < 1.29 is 9.59 Å². The fourth-order valence-corrected chi connectivity index (χ4v) is 1.87. The quantitative estimate of drug-likeness (QED) is 0.405. The van der Waals surface area contributed by atoms with Gasteiger partial charge in [-0.2, -0.15) is 0 Å². The van der Waals surface area contributed by atoms with E-state index >= 15 is 0 Å². The molecule has 0 aromatic heterocycles. The molecule has 22 heavy (non-hydrogen) atoms. The Morgan fingerprint density at radius 1 is 1.00 bits per heavy atom. The van der Waals surface area contributed by atoms with E-state index in [0.29, 0.717) is 12.0 Å². The molecule has 0 atom stereocenters. The first-order valence-electron chi connectivity index (χ1n) is 8.49. The first-order chi connectivity index (χ1) is 10.3. The number of allylic oxidation sites excluding steroid dienone is 1. The zero-order valence-electron chi connectivity index (χ0n) is 14.9. The van der Waals surface area contributed by atoms with Crippen LogP contribution in [0.5, 0.6) is 0 Å². The lowest BCUT2D eigenvalue weighted by atomic mass is 9.89. The topological polar surface area (TPSA) is 58.2 Å². The summed E-state index contributed by atoms with van der Waals surface area (Å²) in [5.74, 6) is 0.308. The Kier molecular flexibility index (Phi) is 10.8. The van der Waals surface area contributed by atoms with Crippen LogP contribution in [0.25, 0.3) is 0 Å². The Bertz CT molecular complexity index is 362. The zero-order chi connectivity index (χ0) is 17.0. The molecule has 2 N–H and O–H groups in total. The molecule has 0 saturated heterocycles. The number of Topliss-reactive ketones (excluding diaryl/α,β-unsaturated/α-hetero) is 1. The van der Waals surface area contributed by atoms with Gasteiger partial charge in [0, 0.05) is 18.4 Å². The smallest absolute Gasteiger partial charge is 0.225 e. The Balaban J connectivity index is 3.40. The Labute approximate surface area is 136 Å². The highest BCUT2D eigenvalue weighted by Gasteiger charge is 2.24. The molecule has 0 fully saturated rings. The van der Waals surface area contributed by atoms with Crippen molar-refractivity contribution in [2.45, 2.75) is 66.2 Å². The van der Waals surface area contributed by atoms with Gasteiger partial charge in [-0.1, -0.05) is 33.8 Å². The van der Waals surface area contributed by atoms with Gasteiger partial charge >= 0.3 is 0 Å². The third-order valence-electron chi connectivity index (χ3n) is 4.05. The fourth-order valence-electron chi connectivity index (χ4n) is 1.87. The summed E-state index contributed by atoms with van der Waals surface area (Å²) in [6, 6.07) is 0. The Morgan fingerprint density at radius 3 is 2.18 bits per heavy atom. The molecule has 0 aromatic rings. The first-order valence-corrected chi connectivity index (χ1v) is 8.49. The molecule has 0 aliphatic heterocycles. The van der Waals surface area contributed by atoms with Gasteiger partial charge in [-0.05, 0) is 51.3 Å². The van der Waals surface area contributed by atoms with Gasteiger partial charge in [-0.3, -0.25) is 9.59 Å². The fraction of sp³-hybridized carbons (Fsp3) is 0.778. The van der Waals surface area contributed by atoms with Gasteiger partial charge in [0.05, 0.1) is 0 Å². The SMILES string of the molecule is C=C(C)C(=O)CCCNCCCCCNC(=O)C(C)(C)CC. The van der Waals surface area contributed by atoms with E-state index in [9.17, 15) is 9.59 Å². The molecule has 0 heterocycles. The van der Waals surface area contributed by atoms with E-state index in [2.05, 4.69) is 17.2 Å². The van der Waals surface area contributed by atoms with Gasteiger partial charge < -0.3 is 10.6 Å². The third kappa shape index (κ3) is 9.72. The second-order valence-corrected chi connectivity index (χ2v) is 6.61. The predicted octanol–water partition coefficient (Wildman–Crippen LogP) is 3.22. The summed E-state index contributed by atoms with van der Waals surface area (Å²) in [5.41, 5.74) is 0.385. The Morgan fingerprint density at radius 2 is 1.59 bits per heavy atom. The molecule has 0 aromatic carbocycles. The zero-order valence-corrected chi connectivity index (χ0v) is 14.9. The first kappa shape index (κ1) is 20.8. The van der Waals surface area contributed by atoms with E-state index in [1.165, 1.54) is 0 Å².